The average molecular weight is 345 g/mol. The Balaban J connectivity index is 1.50. The number of hydrogen-bond donors (Lipinski definition) is 0. The lowest BCUT2D eigenvalue weighted by Crippen LogP contribution is -2.20. The lowest BCUT2D eigenvalue weighted by Gasteiger charge is -2.13. The van der Waals surface area contributed by atoms with Crippen LogP contribution < -0.4 is 4.74 Å². The molecule has 1 fully saturated rings. The lowest BCUT2D eigenvalue weighted by molar-refractivity contribution is -0.119. The van der Waals surface area contributed by atoms with Crippen molar-refractivity contribution in [3.05, 3.63) is 29.8 Å². The molecule has 0 atom stereocenters. The van der Waals surface area contributed by atoms with Crippen molar-refractivity contribution in [1.82, 2.24) is 4.90 Å². The van der Waals surface area contributed by atoms with E-state index in [0.29, 0.717) is 25.0 Å². The van der Waals surface area contributed by atoms with Crippen molar-refractivity contribution in [1.29, 1.82) is 0 Å². The fourth-order valence-corrected chi connectivity index (χ4v) is 3.34. The summed E-state index contributed by atoms with van der Waals surface area (Å²) in [7, 11) is 1.62. The Labute approximate surface area is 151 Å². The number of rotatable bonds is 12. The van der Waals surface area contributed by atoms with Gasteiger partial charge < -0.3 is 9.64 Å². The molecule has 0 bridgehead atoms. The number of carbonyl (C=O) groups excluding carboxylic acids is 2. The third kappa shape index (κ3) is 7.39. The molecule has 4 nitrogen and oxygen atoms in total. The maximum absolute atomic E-state index is 12.1. The van der Waals surface area contributed by atoms with E-state index >= 15 is 0 Å². The molecule has 2 rings (SSSR count). The summed E-state index contributed by atoms with van der Waals surface area (Å²) in [5.41, 5.74) is 0.735. The zero-order valence-corrected chi connectivity index (χ0v) is 15.5. The fourth-order valence-electron chi connectivity index (χ4n) is 3.34. The molecular weight excluding hydrogens is 314 g/mol. The lowest BCUT2D eigenvalue weighted by atomic mass is 10.0. The number of benzene rings is 1. The van der Waals surface area contributed by atoms with Crippen molar-refractivity contribution in [3.8, 4) is 5.75 Å². The second-order valence-corrected chi connectivity index (χ2v) is 6.90. The normalized spacial score (nSPS) is 14.6. The van der Waals surface area contributed by atoms with Gasteiger partial charge in [-0.05, 0) is 76.0 Å². The summed E-state index contributed by atoms with van der Waals surface area (Å²) in [5.74, 6) is 1.31. The first kappa shape index (κ1) is 19.6. The first-order chi connectivity index (χ1) is 12.2. The molecule has 0 spiro atoms. The second kappa shape index (κ2) is 11.0. The van der Waals surface area contributed by atoms with E-state index in [-0.39, 0.29) is 5.78 Å². The van der Waals surface area contributed by atoms with Gasteiger partial charge in [0.15, 0.2) is 5.78 Å². The van der Waals surface area contributed by atoms with Crippen molar-refractivity contribution in [2.45, 2.75) is 57.8 Å². The molecule has 1 aliphatic rings. The number of unbranched alkanes of at least 4 members (excludes halogenated alkanes) is 2. The summed E-state index contributed by atoms with van der Waals surface area (Å²) < 4.78 is 5.10. The van der Waals surface area contributed by atoms with Crippen molar-refractivity contribution in [2.24, 2.45) is 0 Å². The van der Waals surface area contributed by atoms with Crippen LogP contribution in [-0.2, 0) is 4.79 Å². The summed E-state index contributed by atoms with van der Waals surface area (Å²) in [6.45, 7) is 3.48. The fraction of sp³-hybridized carbons (Fsp3) is 0.619. The van der Waals surface area contributed by atoms with Crippen LogP contribution in [0.1, 0.15) is 68.1 Å². The number of Topliss-reactive ketones (excluding diaryl/α,β-unsaturated/α-hetero) is 2. The Morgan fingerprint density at radius 3 is 2.24 bits per heavy atom. The van der Waals surface area contributed by atoms with Gasteiger partial charge in [0.05, 0.1) is 7.11 Å². The Bertz CT molecular complexity index is 533. The van der Waals surface area contributed by atoms with Crippen LogP contribution in [0.2, 0.25) is 0 Å². The van der Waals surface area contributed by atoms with Crippen LogP contribution in [0.5, 0.6) is 5.75 Å². The summed E-state index contributed by atoms with van der Waals surface area (Å²) in [4.78, 5) is 26.5. The molecule has 0 unspecified atom stereocenters. The van der Waals surface area contributed by atoms with Crippen molar-refractivity contribution in [3.63, 3.8) is 0 Å². The monoisotopic (exact) mass is 345 g/mol. The van der Waals surface area contributed by atoms with Crippen LogP contribution in [0.25, 0.3) is 0 Å². The summed E-state index contributed by atoms with van der Waals surface area (Å²) >= 11 is 0. The molecule has 0 aromatic heterocycles. The molecule has 0 amide bonds. The number of carbonyl (C=O) groups is 2. The largest absolute Gasteiger partial charge is 0.497 e. The molecule has 0 radical (unpaired) electrons. The van der Waals surface area contributed by atoms with Gasteiger partial charge in [0, 0.05) is 24.8 Å². The van der Waals surface area contributed by atoms with Crippen LogP contribution >= 0.6 is 0 Å². The molecule has 138 valence electrons. The molecule has 1 aromatic rings. The van der Waals surface area contributed by atoms with E-state index in [0.717, 1.165) is 43.5 Å². The molecule has 1 saturated heterocycles. The Morgan fingerprint density at radius 1 is 0.920 bits per heavy atom. The highest BCUT2D eigenvalue weighted by molar-refractivity contribution is 5.96. The molecule has 1 aromatic carbocycles. The van der Waals surface area contributed by atoms with E-state index in [4.69, 9.17) is 4.74 Å². The minimum absolute atomic E-state index is 0.166. The van der Waals surface area contributed by atoms with Gasteiger partial charge in [-0.25, -0.2) is 0 Å². The van der Waals surface area contributed by atoms with Gasteiger partial charge in [-0.1, -0.05) is 6.42 Å². The summed E-state index contributed by atoms with van der Waals surface area (Å²) in [6, 6.07) is 7.25. The number of ether oxygens (including phenoxy) is 1. The van der Waals surface area contributed by atoms with Crippen LogP contribution in [0, 0.1) is 0 Å². The average Bonchev–Trinajstić information content (AvgIpc) is 3.15. The predicted molar refractivity (Wildman–Crippen MR) is 100 cm³/mol. The number of hydrogen-bond acceptors (Lipinski definition) is 4. The van der Waals surface area contributed by atoms with E-state index in [1.54, 1.807) is 7.11 Å². The van der Waals surface area contributed by atoms with Gasteiger partial charge in [0.2, 0.25) is 0 Å². The standard InChI is InChI=1S/C21H31NO3/c1-25-20-13-11-18(12-14-20)21(24)10-4-2-3-8-19(23)9-7-17-22-15-5-6-16-22/h11-14H,2-10,15-17H2,1H3. The highest BCUT2D eigenvalue weighted by atomic mass is 16.5. The van der Waals surface area contributed by atoms with E-state index in [2.05, 4.69) is 4.90 Å². The van der Waals surface area contributed by atoms with E-state index in [9.17, 15) is 9.59 Å². The number of nitrogens with zero attached hydrogens (tertiary/aromatic N) is 1. The number of likely N-dealkylation sites (tertiary alicyclic amines) is 1. The maximum atomic E-state index is 12.1. The molecule has 1 aliphatic heterocycles. The minimum atomic E-state index is 0.166. The molecule has 0 N–H and O–H groups in total. The number of ketones is 2. The third-order valence-corrected chi connectivity index (χ3v) is 4.90. The van der Waals surface area contributed by atoms with E-state index in [1.807, 2.05) is 24.3 Å². The van der Waals surface area contributed by atoms with Crippen LogP contribution in [0.4, 0.5) is 0 Å². The van der Waals surface area contributed by atoms with Crippen molar-refractivity contribution >= 4 is 11.6 Å². The first-order valence-electron chi connectivity index (χ1n) is 9.60. The minimum Gasteiger partial charge on any atom is -0.497 e. The van der Waals surface area contributed by atoms with Gasteiger partial charge in [0.25, 0.3) is 0 Å². The Kier molecular flexibility index (Phi) is 8.67. The predicted octanol–water partition coefficient (Wildman–Crippen LogP) is 4.27. The molecule has 1 heterocycles. The number of methoxy groups -OCH3 is 1. The Hall–Kier alpha value is -1.68. The SMILES string of the molecule is COc1ccc(C(=O)CCCCCC(=O)CCCN2CCCC2)cc1. The van der Waals surface area contributed by atoms with Gasteiger partial charge >= 0.3 is 0 Å². The zero-order chi connectivity index (χ0) is 17.9. The topological polar surface area (TPSA) is 46.6 Å². The van der Waals surface area contributed by atoms with Gasteiger partial charge in [-0.2, -0.15) is 0 Å². The highest BCUT2D eigenvalue weighted by Gasteiger charge is 2.11. The molecule has 4 heteroatoms. The molecule has 0 aliphatic carbocycles. The van der Waals surface area contributed by atoms with Crippen LogP contribution in [0.3, 0.4) is 0 Å². The van der Waals surface area contributed by atoms with Crippen molar-refractivity contribution in [2.75, 3.05) is 26.7 Å². The van der Waals surface area contributed by atoms with Crippen molar-refractivity contribution < 1.29 is 14.3 Å². The first-order valence-corrected chi connectivity index (χ1v) is 9.60. The highest BCUT2D eigenvalue weighted by Crippen LogP contribution is 2.15. The van der Waals surface area contributed by atoms with E-state index < -0.39 is 0 Å². The smallest absolute Gasteiger partial charge is 0.162 e. The van der Waals surface area contributed by atoms with Gasteiger partial charge in [0.1, 0.15) is 11.5 Å². The molecule has 0 saturated carbocycles. The van der Waals surface area contributed by atoms with Crippen LogP contribution in [0.15, 0.2) is 24.3 Å². The Morgan fingerprint density at radius 2 is 1.56 bits per heavy atom. The summed E-state index contributed by atoms with van der Waals surface area (Å²) in [6.07, 6.45) is 8.23. The van der Waals surface area contributed by atoms with E-state index in [1.165, 1.54) is 25.9 Å². The van der Waals surface area contributed by atoms with Gasteiger partial charge in [-0.3, -0.25) is 9.59 Å². The van der Waals surface area contributed by atoms with Gasteiger partial charge in [-0.15, -0.1) is 0 Å². The molecular formula is C21H31NO3. The van der Waals surface area contributed by atoms with Crippen LogP contribution in [-0.4, -0.2) is 43.2 Å². The third-order valence-electron chi connectivity index (χ3n) is 4.90. The maximum Gasteiger partial charge on any atom is 0.162 e. The second-order valence-electron chi connectivity index (χ2n) is 6.90. The zero-order valence-electron chi connectivity index (χ0n) is 15.5. The quantitative estimate of drug-likeness (QED) is 0.419. The molecule has 25 heavy (non-hydrogen) atoms. The summed E-state index contributed by atoms with van der Waals surface area (Å²) in [5, 5.41) is 0.